The van der Waals surface area contributed by atoms with Crippen LogP contribution in [0.3, 0.4) is 0 Å². The van der Waals surface area contributed by atoms with Gasteiger partial charge >= 0.3 is 0 Å². The molecule has 1 saturated carbocycles. The number of para-hydroxylation sites is 1. The summed E-state index contributed by atoms with van der Waals surface area (Å²) >= 11 is 0. The normalized spacial score (nSPS) is 17.4. The molecule has 0 saturated heterocycles. The summed E-state index contributed by atoms with van der Waals surface area (Å²) < 4.78 is 5.84. The van der Waals surface area contributed by atoms with E-state index in [2.05, 4.69) is 27.2 Å². The van der Waals surface area contributed by atoms with E-state index >= 15 is 0 Å². The van der Waals surface area contributed by atoms with Gasteiger partial charge in [-0.25, -0.2) is 9.97 Å². The second-order valence-corrected chi connectivity index (χ2v) is 8.20. The molecule has 1 amide bonds. The highest BCUT2D eigenvalue weighted by molar-refractivity contribution is 6.16. The summed E-state index contributed by atoms with van der Waals surface area (Å²) in [7, 11) is 0. The number of ether oxygens (including phenoxy) is 1. The largest absolute Gasteiger partial charge is 0.457 e. The number of nitrogen functional groups attached to an aromatic ring is 1. The van der Waals surface area contributed by atoms with Gasteiger partial charge in [0.15, 0.2) is 0 Å². The first-order valence-corrected chi connectivity index (χ1v) is 11.3. The summed E-state index contributed by atoms with van der Waals surface area (Å²) in [5.74, 6) is 2.07. The predicted octanol–water partition coefficient (Wildman–Crippen LogP) is 4.29. The number of carbonyl (C=O) groups is 1. The highest BCUT2D eigenvalue weighted by Gasteiger charge is 2.24. The minimum absolute atomic E-state index is 0.143. The predicted molar refractivity (Wildman–Crippen MR) is 133 cm³/mol. The number of nitrogens with one attached hydrogen (secondary N) is 3. The van der Waals surface area contributed by atoms with Gasteiger partial charge in [-0.05, 0) is 68.2 Å². The third-order valence-electron chi connectivity index (χ3n) is 5.85. The van der Waals surface area contributed by atoms with E-state index in [1.807, 2.05) is 54.6 Å². The lowest BCUT2D eigenvalue weighted by Crippen LogP contribution is -2.39. The number of nitrogens with two attached hydrogens (primary N) is 1. The van der Waals surface area contributed by atoms with Crippen molar-refractivity contribution in [2.45, 2.75) is 37.8 Å². The van der Waals surface area contributed by atoms with Crippen molar-refractivity contribution < 1.29 is 9.53 Å². The summed E-state index contributed by atoms with van der Waals surface area (Å²) in [6.07, 6.45) is 6.14. The Morgan fingerprint density at radius 2 is 1.65 bits per heavy atom. The number of hydrogen-bond donors (Lipinski definition) is 4. The van der Waals surface area contributed by atoms with E-state index in [0.717, 1.165) is 31.4 Å². The average molecular weight is 457 g/mol. The third-order valence-corrected chi connectivity index (χ3v) is 5.85. The van der Waals surface area contributed by atoms with Gasteiger partial charge in [0.05, 0.1) is 11.3 Å². The maximum atomic E-state index is 11.5. The van der Waals surface area contributed by atoms with E-state index in [-0.39, 0.29) is 29.5 Å². The number of anilines is 2. The van der Waals surface area contributed by atoms with Crippen LogP contribution in [-0.2, 0) is 4.79 Å². The van der Waals surface area contributed by atoms with Gasteiger partial charge in [-0.2, -0.15) is 0 Å². The van der Waals surface area contributed by atoms with Crippen LogP contribution in [0.4, 0.5) is 11.6 Å². The van der Waals surface area contributed by atoms with Gasteiger partial charge in [0.1, 0.15) is 29.5 Å². The van der Waals surface area contributed by atoms with Crippen molar-refractivity contribution in [2.75, 3.05) is 11.1 Å². The van der Waals surface area contributed by atoms with E-state index in [4.69, 9.17) is 15.9 Å². The molecule has 8 nitrogen and oxygen atoms in total. The number of carbonyl (C=O) groups excluding carboxylic acids is 1. The van der Waals surface area contributed by atoms with Crippen LogP contribution in [-0.4, -0.2) is 33.7 Å². The minimum Gasteiger partial charge on any atom is -0.457 e. The molecular formula is C26H28N6O2. The molecule has 0 unspecified atom stereocenters. The summed E-state index contributed by atoms with van der Waals surface area (Å²) in [5, 5.41) is 15.2. The monoisotopic (exact) mass is 456 g/mol. The zero-order valence-corrected chi connectivity index (χ0v) is 18.8. The molecular weight excluding hydrogens is 428 g/mol. The van der Waals surface area contributed by atoms with Crippen LogP contribution in [0.15, 0.2) is 73.6 Å². The Kier molecular flexibility index (Phi) is 7.17. The Morgan fingerprint density at radius 3 is 2.32 bits per heavy atom. The van der Waals surface area contributed by atoms with Crippen LogP contribution < -0.4 is 21.1 Å². The molecule has 1 aromatic heterocycles. The van der Waals surface area contributed by atoms with Gasteiger partial charge in [0, 0.05) is 17.6 Å². The Morgan fingerprint density at radius 1 is 1.00 bits per heavy atom. The van der Waals surface area contributed by atoms with Crippen LogP contribution >= 0.6 is 0 Å². The molecule has 0 bridgehead atoms. The molecule has 174 valence electrons. The second-order valence-electron chi connectivity index (χ2n) is 8.20. The Balaban J connectivity index is 1.45. The molecule has 1 aliphatic carbocycles. The van der Waals surface area contributed by atoms with Crippen molar-refractivity contribution in [3.05, 3.63) is 84.7 Å². The molecule has 0 spiro atoms. The summed E-state index contributed by atoms with van der Waals surface area (Å²) in [4.78, 5) is 20.0. The number of aromatic nitrogens is 2. The molecule has 1 heterocycles. The van der Waals surface area contributed by atoms with Crippen LogP contribution in [0.25, 0.3) is 0 Å². The molecule has 0 aliphatic heterocycles. The third kappa shape index (κ3) is 5.58. The molecule has 0 radical (unpaired) electrons. The van der Waals surface area contributed by atoms with Gasteiger partial charge in [-0.15, -0.1) is 0 Å². The first-order valence-electron chi connectivity index (χ1n) is 11.3. The minimum atomic E-state index is -0.143. The number of amides is 1. The molecule has 34 heavy (non-hydrogen) atoms. The summed E-state index contributed by atoms with van der Waals surface area (Å²) in [5.41, 5.74) is 7.57. The standard InChI is InChI=1S/C26H28N6O2/c1-2-22(33)31-18-10-12-19(13-11-18)32-26-23(25(28)29-16-30-26)24(27)17-8-14-21(15-9-17)34-20-6-4-3-5-7-20/h2-9,14-16,18-19,27H,1,10-13H2,(H,31,33)(H3,28,29,30,32)/t18-,19-. The van der Waals surface area contributed by atoms with Crippen molar-refractivity contribution >= 4 is 23.3 Å². The lowest BCUT2D eigenvalue weighted by molar-refractivity contribution is -0.117. The first kappa shape index (κ1) is 23.0. The zero-order valence-electron chi connectivity index (χ0n) is 18.8. The van der Waals surface area contributed by atoms with Crippen molar-refractivity contribution in [1.82, 2.24) is 15.3 Å². The molecule has 5 N–H and O–H groups in total. The summed E-state index contributed by atoms with van der Waals surface area (Å²) in [6.45, 7) is 3.50. The number of hydrogen-bond acceptors (Lipinski definition) is 7. The van der Waals surface area contributed by atoms with E-state index < -0.39 is 0 Å². The fourth-order valence-corrected chi connectivity index (χ4v) is 4.05. The number of rotatable bonds is 8. The smallest absolute Gasteiger partial charge is 0.243 e. The van der Waals surface area contributed by atoms with Crippen LogP contribution in [0.1, 0.15) is 36.8 Å². The first-order chi connectivity index (χ1) is 16.5. The maximum absolute atomic E-state index is 11.5. The van der Waals surface area contributed by atoms with Crippen molar-refractivity contribution in [2.24, 2.45) is 0 Å². The molecule has 0 atom stereocenters. The molecule has 8 heteroatoms. The lowest BCUT2D eigenvalue weighted by Gasteiger charge is -2.30. The zero-order chi connectivity index (χ0) is 23.9. The Hall–Kier alpha value is -4.20. The summed E-state index contributed by atoms with van der Waals surface area (Å²) in [6, 6.07) is 17.1. The van der Waals surface area contributed by atoms with Crippen LogP contribution in [0, 0.1) is 5.41 Å². The molecule has 1 aliphatic rings. The van der Waals surface area contributed by atoms with E-state index in [9.17, 15) is 4.79 Å². The Labute approximate surface area is 198 Å². The van der Waals surface area contributed by atoms with Crippen molar-refractivity contribution in [3.8, 4) is 11.5 Å². The van der Waals surface area contributed by atoms with E-state index in [0.29, 0.717) is 22.7 Å². The van der Waals surface area contributed by atoms with Crippen molar-refractivity contribution in [3.63, 3.8) is 0 Å². The molecule has 2 aromatic carbocycles. The van der Waals surface area contributed by atoms with Gasteiger partial charge in [-0.3, -0.25) is 10.2 Å². The highest BCUT2D eigenvalue weighted by Crippen LogP contribution is 2.28. The second kappa shape index (κ2) is 10.6. The van der Waals surface area contributed by atoms with Crippen LogP contribution in [0.5, 0.6) is 11.5 Å². The highest BCUT2D eigenvalue weighted by atomic mass is 16.5. The van der Waals surface area contributed by atoms with Crippen LogP contribution in [0.2, 0.25) is 0 Å². The van der Waals surface area contributed by atoms with Gasteiger partial charge in [0.2, 0.25) is 5.91 Å². The SMILES string of the molecule is C=CC(=O)N[C@H]1CC[C@H](Nc2ncnc(N)c2C(=N)c2ccc(Oc3ccccc3)cc2)CC1. The molecule has 1 fully saturated rings. The van der Waals surface area contributed by atoms with E-state index in [1.165, 1.54) is 12.4 Å². The van der Waals surface area contributed by atoms with E-state index in [1.54, 1.807) is 0 Å². The van der Waals surface area contributed by atoms with Gasteiger partial charge in [-0.1, -0.05) is 24.8 Å². The lowest BCUT2D eigenvalue weighted by atomic mass is 9.91. The number of nitrogens with zero attached hydrogens (tertiary/aromatic N) is 2. The maximum Gasteiger partial charge on any atom is 0.243 e. The van der Waals surface area contributed by atoms with Gasteiger partial charge < -0.3 is 21.1 Å². The topological polar surface area (TPSA) is 126 Å². The molecule has 3 aromatic rings. The molecule has 4 rings (SSSR count). The van der Waals surface area contributed by atoms with Crippen molar-refractivity contribution in [1.29, 1.82) is 5.41 Å². The van der Waals surface area contributed by atoms with Gasteiger partial charge in [0.25, 0.3) is 0 Å². The Bertz CT molecular complexity index is 1160. The average Bonchev–Trinajstić information content (AvgIpc) is 2.86. The number of benzene rings is 2. The quantitative estimate of drug-likeness (QED) is 0.296. The fourth-order valence-electron chi connectivity index (χ4n) is 4.05. The fraction of sp³-hybridized carbons (Fsp3) is 0.231.